The number of para-hydroxylation sites is 1. The maximum Gasteiger partial charge on any atom is 0.260 e. The highest BCUT2D eigenvalue weighted by molar-refractivity contribution is 6.32. The zero-order valence-electron chi connectivity index (χ0n) is 27.9. The van der Waals surface area contributed by atoms with Crippen LogP contribution >= 0.6 is 11.6 Å². The summed E-state index contributed by atoms with van der Waals surface area (Å²) >= 11 is 6.45. The molecule has 3 fully saturated rings. The van der Waals surface area contributed by atoms with Crippen LogP contribution in [0.15, 0.2) is 103 Å². The lowest BCUT2D eigenvalue weighted by atomic mass is 9.49. The standard InChI is InChI=1S/C41H36ClN3O5/c1-22-12-15-26(16-13-22)43-45-38(48)32-21-31-28(18-19-29-34(31)39(49)44(37(29)47)27-17-14-23(2)33(42)20-27)35(30-11-7-8-24(3)36(30)46)41(32,40(45)50)25-9-5-4-6-10-25/h4-18,20,29,31-32,34-35,43,46H,19,21H2,1-3H3. The number of halogens is 1. The molecule has 4 amide bonds. The number of aryl methyl sites for hydroxylation is 3. The molecule has 252 valence electrons. The van der Waals surface area contributed by atoms with Crippen LogP contribution in [0, 0.1) is 44.4 Å². The van der Waals surface area contributed by atoms with Crippen LogP contribution in [0.25, 0.3) is 0 Å². The summed E-state index contributed by atoms with van der Waals surface area (Å²) in [6.07, 6.45) is 2.44. The molecule has 8 nitrogen and oxygen atoms in total. The molecule has 2 aliphatic heterocycles. The van der Waals surface area contributed by atoms with Crippen molar-refractivity contribution < 1.29 is 24.3 Å². The highest BCUT2D eigenvalue weighted by Gasteiger charge is 2.70. The van der Waals surface area contributed by atoms with E-state index in [2.05, 4.69) is 5.43 Å². The number of hydrogen-bond acceptors (Lipinski definition) is 6. The summed E-state index contributed by atoms with van der Waals surface area (Å²) in [5.74, 6) is -5.12. The number of hydrazine groups is 1. The van der Waals surface area contributed by atoms with Crippen LogP contribution in [0.5, 0.6) is 5.75 Å². The summed E-state index contributed by atoms with van der Waals surface area (Å²) in [7, 11) is 0. The third-order valence-corrected chi connectivity index (χ3v) is 11.8. The predicted octanol–water partition coefficient (Wildman–Crippen LogP) is 7.16. The van der Waals surface area contributed by atoms with Gasteiger partial charge in [0.25, 0.3) is 11.8 Å². The van der Waals surface area contributed by atoms with Gasteiger partial charge in [0, 0.05) is 16.5 Å². The molecule has 2 aliphatic carbocycles. The Morgan fingerprint density at radius 2 is 1.54 bits per heavy atom. The molecule has 2 saturated heterocycles. The van der Waals surface area contributed by atoms with Crippen molar-refractivity contribution >= 4 is 46.6 Å². The van der Waals surface area contributed by atoms with Gasteiger partial charge in [-0.15, -0.1) is 0 Å². The van der Waals surface area contributed by atoms with Crippen molar-refractivity contribution in [2.24, 2.45) is 23.7 Å². The topological polar surface area (TPSA) is 107 Å². The second-order valence-electron chi connectivity index (χ2n) is 14.0. The van der Waals surface area contributed by atoms with Gasteiger partial charge in [-0.2, -0.15) is 5.01 Å². The Balaban J connectivity index is 1.32. The normalized spacial score (nSPS) is 27.2. The van der Waals surface area contributed by atoms with E-state index in [0.717, 1.165) is 21.7 Å². The van der Waals surface area contributed by atoms with Gasteiger partial charge in [0.15, 0.2) is 0 Å². The Labute approximate surface area is 295 Å². The quantitative estimate of drug-likeness (QED) is 0.171. The molecule has 4 aromatic carbocycles. The highest BCUT2D eigenvalue weighted by atomic mass is 35.5. The second kappa shape index (κ2) is 11.7. The lowest BCUT2D eigenvalue weighted by Crippen LogP contribution is -2.53. The molecule has 0 aromatic heterocycles. The van der Waals surface area contributed by atoms with Crippen molar-refractivity contribution in [1.82, 2.24) is 5.01 Å². The number of carbonyl (C=O) groups is 4. The molecule has 6 atom stereocenters. The lowest BCUT2D eigenvalue weighted by molar-refractivity contribution is -0.138. The molecule has 0 spiro atoms. The van der Waals surface area contributed by atoms with Gasteiger partial charge in [0.1, 0.15) is 5.75 Å². The molecule has 0 bridgehead atoms. The van der Waals surface area contributed by atoms with Gasteiger partial charge in [0.2, 0.25) is 11.8 Å². The number of anilines is 2. The Morgan fingerprint density at radius 1 is 0.800 bits per heavy atom. The van der Waals surface area contributed by atoms with Crippen LogP contribution in [0.1, 0.15) is 46.6 Å². The predicted molar refractivity (Wildman–Crippen MR) is 190 cm³/mol. The van der Waals surface area contributed by atoms with Crippen LogP contribution in [-0.4, -0.2) is 33.7 Å². The van der Waals surface area contributed by atoms with E-state index >= 15 is 4.79 Å². The molecular formula is C41H36ClN3O5. The number of phenols is 1. The first-order valence-electron chi connectivity index (χ1n) is 16.9. The van der Waals surface area contributed by atoms with E-state index in [1.807, 2.05) is 80.6 Å². The van der Waals surface area contributed by atoms with Crippen LogP contribution in [0.2, 0.25) is 5.02 Å². The highest BCUT2D eigenvalue weighted by Crippen LogP contribution is 2.65. The second-order valence-corrected chi connectivity index (χ2v) is 14.5. The van der Waals surface area contributed by atoms with Crippen molar-refractivity contribution in [3.05, 3.63) is 135 Å². The number of hydrogen-bond donors (Lipinski definition) is 2. The number of amides is 4. The zero-order chi connectivity index (χ0) is 35.1. The van der Waals surface area contributed by atoms with Gasteiger partial charge in [-0.05, 0) is 80.5 Å². The van der Waals surface area contributed by atoms with E-state index < -0.39 is 46.8 Å². The van der Waals surface area contributed by atoms with Crippen molar-refractivity contribution in [3.63, 3.8) is 0 Å². The van der Waals surface area contributed by atoms with Crippen LogP contribution in [0.3, 0.4) is 0 Å². The summed E-state index contributed by atoms with van der Waals surface area (Å²) in [4.78, 5) is 59.8. The van der Waals surface area contributed by atoms with Gasteiger partial charge in [-0.1, -0.05) is 95.5 Å². The number of nitrogens with one attached hydrogen (secondary N) is 1. The summed E-state index contributed by atoms with van der Waals surface area (Å²) < 4.78 is 0. The first kappa shape index (κ1) is 32.0. The molecule has 50 heavy (non-hydrogen) atoms. The molecule has 4 aliphatic rings. The molecule has 8 rings (SSSR count). The monoisotopic (exact) mass is 685 g/mol. The minimum atomic E-state index is -1.45. The van der Waals surface area contributed by atoms with Crippen molar-refractivity contribution in [1.29, 1.82) is 0 Å². The average molecular weight is 686 g/mol. The van der Waals surface area contributed by atoms with E-state index in [9.17, 15) is 19.5 Å². The number of aromatic hydroxyl groups is 1. The summed E-state index contributed by atoms with van der Waals surface area (Å²) in [6.45, 7) is 5.61. The fraction of sp³-hybridized carbons (Fsp3) is 0.268. The fourth-order valence-electron chi connectivity index (χ4n) is 8.98. The number of fused-ring (bicyclic) bond motifs is 4. The van der Waals surface area contributed by atoms with E-state index in [1.165, 1.54) is 4.90 Å². The van der Waals surface area contributed by atoms with Gasteiger partial charge in [-0.25, -0.2) is 4.90 Å². The number of phenolic OH excluding ortho intramolecular Hbond substituents is 1. The van der Waals surface area contributed by atoms with Crippen molar-refractivity contribution in [2.75, 3.05) is 10.3 Å². The number of carbonyl (C=O) groups excluding carboxylic acids is 4. The van der Waals surface area contributed by atoms with Crippen molar-refractivity contribution in [2.45, 2.75) is 44.9 Å². The smallest absolute Gasteiger partial charge is 0.260 e. The molecule has 4 aromatic rings. The number of nitrogens with zero attached hydrogens (tertiary/aromatic N) is 2. The number of benzene rings is 4. The Hall–Kier alpha value is -5.21. The van der Waals surface area contributed by atoms with Crippen LogP contribution < -0.4 is 10.3 Å². The van der Waals surface area contributed by atoms with E-state index in [4.69, 9.17) is 11.6 Å². The summed E-state index contributed by atoms with van der Waals surface area (Å²) in [5.41, 5.74) is 7.07. The Bertz CT molecular complexity index is 2130. The number of rotatable bonds is 5. The van der Waals surface area contributed by atoms with Gasteiger partial charge in [0.05, 0.1) is 34.5 Å². The third kappa shape index (κ3) is 4.51. The molecule has 0 radical (unpaired) electrons. The largest absolute Gasteiger partial charge is 0.507 e. The van der Waals surface area contributed by atoms with Gasteiger partial charge in [-0.3, -0.25) is 24.6 Å². The average Bonchev–Trinajstić information content (AvgIpc) is 3.49. The SMILES string of the molecule is Cc1ccc(NN2C(=O)C3CC4C(=CCC5C(=O)N(c6ccc(C)c(Cl)c6)C(=O)C54)C(c4cccc(C)c4O)C3(c3ccccc3)C2=O)cc1. The molecule has 9 heteroatoms. The van der Waals surface area contributed by atoms with Crippen molar-refractivity contribution in [3.8, 4) is 5.75 Å². The molecular weight excluding hydrogens is 650 g/mol. The summed E-state index contributed by atoms with van der Waals surface area (Å²) in [6, 6.07) is 27.3. The first-order chi connectivity index (χ1) is 24.0. The molecule has 1 saturated carbocycles. The number of imide groups is 2. The number of allylic oxidation sites excluding steroid dienone is 2. The van der Waals surface area contributed by atoms with E-state index in [0.29, 0.717) is 33.1 Å². The van der Waals surface area contributed by atoms with Crippen LogP contribution in [-0.2, 0) is 24.6 Å². The maximum atomic E-state index is 15.2. The lowest BCUT2D eigenvalue weighted by Gasteiger charge is -2.50. The Morgan fingerprint density at radius 3 is 2.26 bits per heavy atom. The summed E-state index contributed by atoms with van der Waals surface area (Å²) in [5, 5.41) is 13.3. The minimum absolute atomic E-state index is 0.0326. The molecule has 2 N–H and O–H groups in total. The minimum Gasteiger partial charge on any atom is -0.507 e. The fourth-order valence-corrected chi connectivity index (χ4v) is 9.16. The molecule has 6 unspecified atom stereocenters. The van der Waals surface area contributed by atoms with E-state index in [-0.39, 0.29) is 30.4 Å². The first-order valence-corrected chi connectivity index (χ1v) is 17.3. The van der Waals surface area contributed by atoms with Gasteiger partial charge < -0.3 is 5.11 Å². The van der Waals surface area contributed by atoms with Crippen LogP contribution in [0.4, 0.5) is 11.4 Å². The van der Waals surface area contributed by atoms with E-state index in [1.54, 1.807) is 37.3 Å². The maximum absolute atomic E-state index is 15.2. The zero-order valence-corrected chi connectivity index (χ0v) is 28.6. The molecule has 2 heterocycles. The Kier molecular flexibility index (Phi) is 7.49. The van der Waals surface area contributed by atoms with Gasteiger partial charge >= 0.3 is 0 Å². The third-order valence-electron chi connectivity index (χ3n) is 11.4.